The van der Waals surface area contributed by atoms with E-state index in [-0.39, 0.29) is 18.1 Å². The average Bonchev–Trinajstić information content (AvgIpc) is 3.27. The van der Waals surface area contributed by atoms with Crippen LogP contribution in [0.5, 0.6) is 0 Å². The number of aromatic nitrogens is 4. The van der Waals surface area contributed by atoms with Crippen molar-refractivity contribution in [2.75, 3.05) is 13.1 Å². The number of benzene rings is 1. The van der Waals surface area contributed by atoms with Gasteiger partial charge in [-0.1, -0.05) is 12.1 Å². The van der Waals surface area contributed by atoms with Crippen LogP contribution in [0.2, 0.25) is 0 Å². The van der Waals surface area contributed by atoms with Gasteiger partial charge in [0, 0.05) is 37.6 Å². The highest BCUT2D eigenvalue weighted by molar-refractivity contribution is 7.09. The quantitative estimate of drug-likeness (QED) is 0.683. The van der Waals surface area contributed by atoms with E-state index in [1.54, 1.807) is 23.5 Å². The summed E-state index contributed by atoms with van der Waals surface area (Å²) in [4.78, 5) is 18.9. The van der Waals surface area contributed by atoms with Crippen LogP contribution in [0, 0.1) is 5.82 Å². The number of hydrogen-bond acceptors (Lipinski definition) is 6. The number of carbonyl (C=O) groups is 1. The van der Waals surface area contributed by atoms with Gasteiger partial charge >= 0.3 is 0 Å². The molecule has 9 heteroatoms. The molecule has 0 radical (unpaired) electrons. The molecular weight excluding hydrogens is 379 g/mol. The number of nitrogens with one attached hydrogen (secondary N) is 1. The van der Waals surface area contributed by atoms with Crippen molar-refractivity contribution in [3.63, 3.8) is 0 Å². The number of carbonyl (C=O) groups excluding carboxylic acids is 1. The molecule has 0 fully saturated rings. The molecule has 1 aromatic carbocycles. The van der Waals surface area contributed by atoms with Crippen molar-refractivity contribution in [3.05, 3.63) is 63.9 Å². The molecule has 1 N–H and O–H groups in total. The second-order valence-electron chi connectivity index (χ2n) is 6.72. The molecule has 0 saturated carbocycles. The summed E-state index contributed by atoms with van der Waals surface area (Å²) in [5.74, 6) is 1.19. The van der Waals surface area contributed by atoms with Gasteiger partial charge in [0.15, 0.2) is 5.82 Å². The Hall–Kier alpha value is -2.65. The first-order valence-electron chi connectivity index (χ1n) is 9.20. The molecule has 7 nitrogen and oxygen atoms in total. The highest BCUT2D eigenvalue weighted by Crippen LogP contribution is 2.14. The summed E-state index contributed by atoms with van der Waals surface area (Å²) >= 11 is 1.67. The first-order valence-corrected chi connectivity index (χ1v) is 10.1. The van der Waals surface area contributed by atoms with Crippen molar-refractivity contribution < 1.29 is 9.18 Å². The van der Waals surface area contributed by atoms with Gasteiger partial charge in [-0.3, -0.25) is 9.69 Å². The largest absolute Gasteiger partial charge is 0.349 e. The SMILES string of the molecule is O=C(Cc1cccc(F)c1)NCc1nnc2n1CCN(Cc1nccs1)CC2. The molecule has 0 aliphatic carbocycles. The fourth-order valence-electron chi connectivity index (χ4n) is 3.31. The average molecular weight is 400 g/mol. The van der Waals surface area contributed by atoms with E-state index in [0.717, 1.165) is 49.3 Å². The van der Waals surface area contributed by atoms with Crippen molar-refractivity contribution in [2.45, 2.75) is 32.5 Å². The molecule has 0 unspecified atom stereocenters. The van der Waals surface area contributed by atoms with Gasteiger partial charge in [-0.2, -0.15) is 0 Å². The Kier molecular flexibility index (Phi) is 5.73. The van der Waals surface area contributed by atoms with E-state index in [1.165, 1.54) is 12.1 Å². The maximum atomic E-state index is 13.2. The van der Waals surface area contributed by atoms with E-state index < -0.39 is 0 Å². The van der Waals surface area contributed by atoms with E-state index >= 15 is 0 Å². The minimum Gasteiger partial charge on any atom is -0.349 e. The smallest absolute Gasteiger partial charge is 0.224 e. The van der Waals surface area contributed by atoms with Crippen molar-refractivity contribution in [3.8, 4) is 0 Å². The van der Waals surface area contributed by atoms with Crippen LogP contribution >= 0.6 is 11.3 Å². The summed E-state index contributed by atoms with van der Waals surface area (Å²) in [6.45, 7) is 3.73. The lowest BCUT2D eigenvalue weighted by Crippen LogP contribution is -2.28. The molecule has 0 spiro atoms. The Bertz CT molecular complexity index is 942. The number of amides is 1. The first kappa shape index (κ1) is 18.7. The molecule has 1 aliphatic rings. The zero-order valence-electron chi connectivity index (χ0n) is 15.3. The van der Waals surface area contributed by atoms with Crippen molar-refractivity contribution in [2.24, 2.45) is 0 Å². The molecule has 0 bridgehead atoms. The molecular formula is C19H21FN6OS. The molecule has 3 aromatic rings. The number of hydrogen-bond donors (Lipinski definition) is 1. The second kappa shape index (κ2) is 8.57. The molecule has 146 valence electrons. The fraction of sp³-hybridized carbons (Fsp3) is 0.368. The third-order valence-corrected chi connectivity index (χ3v) is 5.50. The van der Waals surface area contributed by atoms with Gasteiger partial charge in [-0.25, -0.2) is 9.37 Å². The predicted molar refractivity (Wildman–Crippen MR) is 103 cm³/mol. The Morgan fingerprint density at radius 1 is 1.25 bits per heavy atom. The predicted octanol–water partition coefficient (Wildman–Crippen LogP) is 1.79. The zero-order valence-corrected chi connectivity index (χ0v) is 16.2. The Balaban J connectivity index is 1.32. The van der Waals surface area contributed by atoms with E-state index in [0.29, 0.717) is 12.1 Å². The lowest BCUT2D eigenvalue weighted by atomic mass is 10.1. The Labute approximate surface area is 166 Å². The third-order valence-electron chi connectivity index (χ3n) is 4.74. The van der Waals surface area contributed by atoms with Gasteiger partial charge in [0.2, 0.25) is 5.91 Å². The lowest BCUT2D eigenvalue weighted by molar-refractivity contribution is -0.120. The molecule has 4 rings (SSSR count). The van der Waals surface area contributed by atoms with Gasteiger partial charge in [0.25, 0.3) is 0 Å². The lowest BCUT2D eigenvalue weighted by Gasteiger charge is -2.17. The van der Waals surface area contributed by atoms with Crippen LogP contribution in [-0.2, 0) is 37.3 Å². The van der Waals surface area contributed by atoms with Gasteiger partial charge in [0.1, 0.15) is 16.6 Å². The number of halogens is 1. The van der Waals surface area contributed by atoms with Crippen LogP contribution in [0.1, 0.15) is 22.2 Å². The molecule has 28 heavy (non-hydrogen) atoms. The summed E-state index contributed by atoms with van der Waals surface area (Å²) in [5, 5.41) is 14.5. The molecule has 1 aliphatic heterocycles. The standard InChI is InChI=1S/C19H21FN6OS/c20-15-3-1-2-14(10-15)11-18(27)22-12-17-24-23-16-4-6-25(7-8-26(16)17)13-19-21-5-9-28-19/h1-3,5,9-10H,4,6-8,11-13H2,(H,22,27). The monoisotopic (exact) mass is 400 g/mol. The van der Waals surface area contributed by atoms with E-state index in [1.807, 2.05) is 11.6 Å². The van der Waals surface area contributed by atoms with Crippen LogP contribution < -0.4 is 5.32 Å². The van der Waals surface area contributed by atoms with E-state index in [4.69, 9.17) is 0 Å². The summed E-state index contributed by atoms with van der Waals surface area (Å²) in [6.07, 6.45) is 2.79. The molecule has 0 saturated heterocycles. The van der Waals surface area contributed by atoms with Crippen LogP contribution in [0.25, 0.3) is 0 Å². The number of rotatable bonds is 6. The van der Waals surface area contributed by atoms with Crippen LogP contribution in [0.3, 0.4) is 0 Å². The zero-order chi connectivity index (χ0) is 19.3. The Morgan fingerprint density at radius 3 is 3.00 bits per heavy atom. The van der Waals surface area contributed by atoms with Crippen LogP contribution in [-0.4, -0.2) is 43.6 Å². The van der Waals surface area contributed by atoms with Crippen molar-refractivity contribution in [1.82, 2.24) is 30.0 Å². The highest BCUT2D eigenvalue weighted by atomic mass is 32.1. The van der Waals surface area contributed by atoms with E-state index in [2.05, 4.69) is 30.0 Å². The van der Waals surface area contributed by atoms with Gasteiger partial charge < -0.3 is 9.88 Å². The highest BCUT2D eigenvalue weighted by Gasteiger charge is 2.19. The van der Waals surface area contributed by atoms with Gasteiger partial charge in [-0.15, -0.1) is 21.5 Å². The number of fused-ring (bicyclic) bond motifs is 1. The summed E-state index contributed by atoms with van der Waals surface area (Å²) in [6, 6.07) is 6.08. The van der Waals surface area contributed by atoms with Gasteiger partial charge in [0.05, 0.1) is 19.5 Å². The van der Waals surface area contributed by atoms with Crippen LogP contribution in [0.15, 0.2) is 35.8 Å². The topological polar surface area (TPSA) is 75.9 Å². The van der Waals surface area contributed by atoms with Crippen molar-refractivity contribution in [1.29, 1.82) is 0 Å². The minimum atomic E-state index is -0.338. The Morgan fingerprint density at radius 2 is 2.18 bits per heavy atom. The third kappa shape index (κ3) is 4.60. The fourth-order valence-corrected chi connectivity index (χ4v) is 3.97. The van der Waals surface area contributed by atoms with Crippen molar-refractivity contribution >= 4 is 17.2 Å². The normalized spacial score (nSPS) is 14.5. The maximum Gasteiger partial charge on any atom is 0.224 e. The molecule has 0 atom stereocenters. The maximum absolute atomic E-state index is 13.2. The minimum absolute atomic E-state index is 0.139. The summed E-state index contributed by atoms with van der Waals surface area (Å²) < 4.78 is 15.3. The van der Waals surface area contributed by atoms with E-state index in [9.17, 15) is 9.18 Å². The molecule has 3 heterocycles. The second-order valence-corrected chi connectivity index (χ2v) is 7.70. The summed E-state index contributed by atoms with van der Waals surface area (Å²) in [5.41, 5.74) is 0.649. The first-order chi connectivity index (χ1) is 13.7. The number of thiazole rings is 1. The van der Waals surface area contributed by atoms with Crippen LogP contribution in [0.4, 0.5) is 4.39 Å². The molecule has 1 amide bonds. The molecule has 2 aromatic heterocycles. The van der Waals surface area contributed by atoms with Gasteiger partial charge in [-0.05, 0) is 17.7 Å². The number of nitrogens with zero attached hydrogens (tertiary/aromatic N) is 5. The summed E-state index contributed by atoms with van der Waals surface area (Å²) in [7, 11) is 0.